The van der Waals surface area contributed by atoms with Crippen molar-refractivity contribution in [2.24, 2.45) is 4.36 Å². The Labute approximate surface area is 156 Å². The van der Waals surface area contributed by atoms with Crippen LogP contribution in [0.25, 0.3) is 11.1 Å². The number of ether oxygens (including phenoxy) is 1. The van der Waals surface area contributed by atoms with Gasteiger partial charge in [0.2, 0.25) is 0 Å². The average Bonchev–Trinajstić information content (AvgIpc) is 2.60. The summed E-state index contributed by atoms with van der Waals surface area (Å²) in [5.74, 6) is -3.82. The van der Waals surface area contributed by atoms with E-state index in [4.69, 9.17) is 4.74 Å². The zero-order valence-electron chi connectivity index (χ0n) is 14.2. The Morgan fingerprint density at radius 3 is 2.61 bits per heavy atom. The number of carbonyl (C=O) groups excluding carboxylic acids is 2. The van der Waals surface area contributed by atoms with Crippen LogP contribution < -0.4 is 10.1 Å². The fourth-order valence-corrected chi connectivity index (χ4v) is 3.70. The molecule has 1 aliphatic heterocycles. The third kappa shape index (κ3) is 3.98. The van der Waals surface area contributed by atoms with E-state index >= 15 is 0 Å². The highest BCUT2D eigenvalue weighted by Crippen LogP contribution is 2.36. The Morgan fingerprint density at radius 2 is 1.93 bits per heavy atom. The minimum absolute atomic E-state index is 0.0887. The molecule has 1 unspecified atom stereocenters. The second-order valence-corrected chi connectivity index (χ2v) is 8.16. The van der Waals surface area contributed by atoms with Gasteiger partial charge in [-0.2, -0.15) is 13.2 Å². The fourth-order valence-electron chi connectivity index (χ4n) is 2.50. The summed E-state index contributed by atoms with van der Waals surface area (Å²) < 4.78 is 71.9. The molecule has 11 heteroatoms. The fraction of sp³-hybridized carbons (Fsp3) is 0.176. The summed E-state index contributed by atoms with van der Waals surface area (Å²) in [4.78, 5) is 22.4. The van der Waals surface area contributed by atoms with E-state index in [1.54, 1.807) is 0 Å². The summed E-state index contributed by atoms with van der Waals surface area (Å²) in [6, 6.07) is 7.88. The van der Waals surface area contributed by atoms with E-state index in [1.165, 1.54) is 30.3 Å². The smallest absolute Gasteiger partial charge is 0.474 e. The lowest BCUT2D eigenvalue weighted by molar-refractivity contribution is -0.169. The number of nitrogens with one attached hydrogen (secondary N) is 1. The number of benzene rings is 2. The Morgan fingerprint density at radius 1 is 1.21 bits per heavy atom. The lowest BCUT2D eigenvalue weighted by Crippen LogP contribution is -2.26. The molecule has 1 N–H and O–H groups in total. The standard InChI is InChI=1S/C17H12F4N2O4S/c1-28(26,23-16(25)17(19,20)21)11-4-2-3-9(5-11)10-6-12(18)15-13(7-10)22-14(24)8-27-15/h2-7H,8H2,1H3,(H,22,24). The van der Waals surface area contributed by atoms with Gasteiger partial charge in [-0.05, 0) is 35.4 Å². The summed E-state index contributed by atoms with van der Waals surface area (Å²) in [6.45, 7) is -0.328. The molecule has 2 aromatic rings. The van der Waals surface area contributed by atoms with Crippen LogP contribution in [0.2, 0.25) is 0 Å². The van der Waals surface area contributed by atoms with Crippen LogP contribution in [0.3, 0.4) is 0 Å². The van der Waals surface area contributed by atoms with Gasteiger partial charge in [0.05, 0.1) is 15.4 Å². The third-order valence-corrected chi connectivity index (χ3v) is 5.41. The molecule has 0 saturated carbocycles. The zero-order valence-corrected chi connectivity index (χ0v) is 15.0. The molecule has 2 amide bonds. The molecule has 0 bridgehead atoms. The quantitative estimate of drug-likeness (QED) is 0.761. The summed E-state index contributed by atoms with van der Waals surface area (Å²) in [5.41, 5.74) is 0.635. The topological polar surface area (TPSA) is 84.8 Å². The highest BCUT2D eigenvalue weighted by molar-refractivity contribution is 7.93. The minimum atomic E-state index is -5.24. The monoisotopic (exact) mass is 416 g/mol. The van der Waals surface area contributed by atoms with Crippen LogP contribution in [0.15, 0.2) is 45.7 Å². The van der Waals surface area contributed by atoms with Crippen molar-refractivity contribution in [2.45, 2.75) is 11.1 Å². The van der Waals surface area contributed by atoms with Gasteiger partial charge in [-0.1, -0.05) is 12.1 Å². The lowest BCUT2D eigenvalue weighted by Gasteiger charge is -2.19. The number of halogens is 4. The summed E-state index contributed by atoms with van der Waals surface area (Å²) >= 11 is 0. The molecule has 0 aliphatic carbocycles. The molecule has 1 heterocycles. The number of carbonyl (C=O) groups is 2. The van der Waals surface area contributed by atoms with Crippen LogP contribution in [0.4, 0.5) is 23.2 Å². The number of rotatable bonds is 2. The molecular weight excluding hydrogens is 404 g/mol. The first kappa shape index (κ1) is 19.8. The Bertz CT molecular complexity index is 1100. The molecule has 28 heavy (non-hydrogen) atoms. The molecule has 6 nitrogen and oxygen atoms in total. The predicted octanol–water partition coefficient (Wildman–Crippen LogP) is 3.37. The number of hydrogen-bond acceptors (Lipinski definition) is 4. The Kier molecular flexibility index (Phi) is 4.88. The lowest BCUT2D eigenvalue weighted by atomic mass is 10.0. The van der Waals surface area contributed by atoms with Crippen LogP contribution in [0, 0.1) is 5.82 Å². The molecule has 2 aromatic carbocycles. The Hall–Kier alpha value is -2.95. The molecular formula is C17H12F4N2O4S. The van der Waals surface area contributed by atoms with E-state index in [-0.39, 0.29) is 28.5 Å². The first-order chi connectivity index (χ1) is 13.0. The van der Waals surface area contributed by atoms with Crippen LogP contribution in [-0.2, 0) is 19.3 Å². The maximum atomic E-state index is 14.3. The predicted molar refractivity (Wildman–Crippen MR) is 91.8 cm³/mol. The summed E-state index contributed by atoms with van der Waals surface area (Å²) in [5, 5.41) is 2.45. The third-order valence-electron chi connectivity index (χ3n) is 3.77. The summed E-state index contributed by atoms with van der Waals surface area (Å²) in [6.07, 6.45) is -4.34. The largest absolute Gasteiger partial charge is 0.478 e. The number of alkyl halides is 3. The SMILES string of the molecule is CS(=O)(=NC(=O)C(F)(F)F)c1cccc(-c2cc(F)c3c(c2)NC(=O)CO3)c1. The van der Waals surface area contributed by atoms with Gasteiger partial charge in [0.1, 0.15) is 0 Å². The van der Waals surface area contributed by atoms with Gasteiger partial charge in [0.25, 0.3) is 5.91 Å². The first-order valence-electron chi connectivity index (χ1n) is 7.67. The van der Waals surface area contributed by atoms with E-state index in [1.807, 2.05) is 0 Å². The normalized spacial score (nSPS) is 15.7. The Balaban J connectivity index is 2.05. The van der Waals surface area contributed by atoms with Crippen molar-refractivity contribution >= 4 is 27.2 Å². The van der Waals surface area contributed by atoms with Crippen LogP contribution in [-0.4, -0.2) is 35.1 Å². The van der Waals surface area contributed by atoms with Crippen molar-refractivity contribution < 1.29 is 36.1 Å². The number of hydrogen-bond donors (Lipinski definition) is 1. The zero-order chi connectivity index (χ0) is 20.7. The molecule has 0 fully saturated rings. The second kappa shape index (κ2) is 6.89. The molecule has 0 aromatic heterocycles. The van der Waals surface area contributed by atoms with E-state index in [0.717, 1.165) is 12.3 Å². The number of fused-ring (bicyclic) bond motifs is 1. The van der Waals surface area contributed by atoms with E-state index in [9.17, 15) is 31.4 Å². The summed E-state index contributed by atoms with van der Waals surface area (Å²) in [7, 11) is -3.69. The molecule has 148 valence electrons. The maximum Gasteiger partial charge on any atom is 0.474 e. The van der Waals surface area contributed by atoms with Crippen molar-refractivity contribution in [1.29, 1.82) is 0 Å². The van der Waals surface area contributed by atoms with Gasteiger partial charge >= 0.3 is 12.1 Å². The minimum Gasteiger partial charge on any atom is -0.478 e. The van der Waals surface area contributed by atoms with Crippen LogP contribution in [0.1, 0.15) is 0 Å². The average molecular weight is 416 g/mol. The van der Waals surface area contributed by atoms with E-state index in [0.29, 0.717) is 5.56 Å². The highest BCUT2D eigenvalue weighted by Gasteiger charge is 2.39. The van der Waals surface area contributed by atoms with Crippen molar-refractivity contribution in [1.82, 2.24) is 0 Å². The number of nitrogens with zero attached hydrogens (tertiary/aromatic N) is 1. The van der Waals surface area contributed by atoms with Gasteiger partial charge in [-0.15, -0.1) is 4.36 Å². The number of anilines is 1. The second-order valence-electron chi connectivity index (χ2n) is 5.90. The van der Waals surface area contributed by atoms with Gasteiger partial charge in [0.15, 0.2) is 18.2 Å². The van der Waals surface area contributed by atoms with Crippen molar-refractivity contribution in [2.75, 3.05) is 18.2 Å². The van der Waals surface area contributed by atoms with Gasteiger partial charge in [-0.25, -0.2) is 8.60 Å². The van der Waals surface area contributed by atoms with Gasteiger partial charge in [-0.3, -0.25) is 9.59 Å². The van der Waals surface area contributed by atoms with Gasteiger partial charge in [0, 0.05) is 11.2 Å². The first-order valence-corrected chi connectivity index (χ1v) is 9.60. The van der Waals surface area contributed by atoms with Crippen molar-refractivity contribution in [3.8, 4) is 16.9 Å². The molecule has 3 rings (SSSR count). The molecule has 1 atom stereocenters. The maximum absolute atomic E-state index is 14.3. The van der Waals surface area contributed by atoms with Crippen LogP contribution >= 0.6 is 0 Å². The molecule has 0 radical (unpaired) electrons. The van der Waals surface area contributed by atoms with Crippen molar-refractivity contribution in [3.63, 3.8) is 0 Å². The number of amides is 2. The van der Waals surface area contributed by atoms with Gasteiger partial charge < -0.3 is 10.1 Å². The van der Waals surface area contributed by atoms with Crippen molar-refractivity contribution in [3.05, 3.63) is 42.2 Å². The van der Waals surface area contributed by atoms with E-state index in [2.05, 4.69) is 9.68 Å². The highest BCUT2D eigenvalue weighted by atomic mass is 32.2. The van der Waals surface area contributed by atoms with Crippen LogP contribution in [0.5, 0.6) is 5.75 Å². The molecule has 0 spiro atoms. The van der Waals surface area contributed by atoms with E-state index < -0.39 is 33.5 Å². The molecule has 0 saturated heterocycles. The molecule has 1 aliphatic rings.